The van der Waals surface area contributed by atoms with Crippen molar-refractivity contribution >= 4 is 35.3 Å². The van der Waals surface area contributed by atoms with Gasteiger partial charge in [-0.3, -0.25) is 19.3 Å². The Balaban J connectivity index is 0.000000838. The van der Waals surface area contributed by atoms with Crippen LogP contribution in [0.2, 0.25) is 5.02 Å². The Morgan fingerprint density at radius 2 is 1.59 bits per heavy atom. The van der Waals surface area contributed by atoms with Gasteiger partial charge in [0.15, 0.2) is 0 Å². The molecule has 1 saturated heterocycles. The van der Waals surface area contributed by atoms with Crippen molar-refractivity contribution in [2.45, 2.75) is 75.3 Å². The number of amides is 3. The van der Waals surface area contributed by atoms with Crippen LogP contribution < -0.4 is 16.4 Å². The van der Waals surface area contributed by atoms with Crippen molar-refractivity contribution in [3.8, 4) is 0 Å². The second-order valence-corrected chi connectivity index (χ2v) is 12.5. The summed E-state index contributed by atoms with van der Waals surface area (Å²) in [5, 5.41) is 13.3. The highest BCUT2D eigenvalue weighted by Crippen LogP contribution is 2.32. The third-order valence-corrected chi connectivity index (χ3v) is 8.59. The molecule has 3 atom stereocenters. The Morgan fingerprint density at radius 3 is 2.12 bits per heavy atom. The van der Waals surface area contributed by atoms with E-state index in [-0.39, 0.29) is 42.5 Å². The fourth-order valence-electron chi connectivity index (χ4n) is 5.47. The number of nitrogens with two attached hydrogens (primary N) is 1. The fraction of sp³-hybridized carbons (Fsp3) is 0.515. The van der Waals surface area contributed by atoms with Gasteiger partial charge in [-0.15, -0.1) is 0 Å². The molecule has 1 heterocycles. The molecule has 3 unspecified atom stereocenters. The van der Waals surface area contributed by atoms with Crippen LogP contribution in [0.1, 0.15) is 43.7 Å². The highest BCUT2D eigenvalue weighted by atomic mass is 35.5. The van der Waals surface area contributed by atoms with E-state index in [9.17, 15) is 36.3 Å². The number of carboxylic acids is 1. The van der Waals surface area contributed by atoms with Gasteiger partial charge in [-0.2, -0.15) is 13.2 Å². The molecule has 0 aromatic heterocycles. The Morgan fingerprint density at radius 1 is 1.02 bits per heavy atom. The lowest BCUT2D eigenvalue weighted by molar-refractivity contribution is -0.192. The van der Waals surface area contributed by atoms with Gasteiger partial charge in [-0.25, -0.2) is 13.6 Å². The number of hydrogen-bond acceptors (Lipinski definition) is 6. The van der Waals surface area contributed by atoms with Gasteiger partial charge in [0.1, 0.15) is 18.5 Å². The van der Waals surface area contributed by atoms with Crippen molar-refractivity contribution in [2.24, 2.45) is 5.73 Å². The van der Waals surface area contributed by atoms with Crippen molar-refractivity contribution in [1.82, 2.24) is 20.4 Å². The maximum Gasteiger partial charge on any atom is 0.490 e. The molecule has 1 saturated carbocycles. The molecule has 3 amide bonds. The number of hydrogen-bond donors (Lipinski definition) is 4. The predicted molar refractivity (Wildman–Crippen MR) is 172 cm³/mol. The molecule has 4 rings (SSSR count). The van der Waals surface area contributed by atoms with E-state index in [1.54, 1.807) is 29.2 Å². The van der Waals surface area contributed by atoms with E-state index in [0.717, 1.165) is 17.5 Å². The third-order valence-electron chi connectivity index (χ3n) is 8.34. The molecule has 2 aliphatic rings. The van der Waals surface area contributed by atoms with E-state index < -0.39 is 36.4 Å². The van der Waals surface area contributed by atoms with Crippen LogP contribution in [0.5, 0.6) is 0 Å². The van der Waals surface area contributed by atoms with Crippen LogP contribution in [0.3, 0.4) is 0 Å². The molecular formula is C33H41ClF5N5O5. The highest BCUT2D eigenvalue weighted by molar-refractivity contribution is 6.30. The summed E-state index contributed by atoms with van der Waals surface area (Å²) in [6.07, 6.45) is -1.85. The van der Waals surface area contributed by atoms with Crippen LogP contribution in [0.15, 0.2) is 48.5 Å². The Labute approximate surface area is 286 Å². The zero-order valence-corrected chi connectivity index (χ0v) is 27.7. The van der Waals surface area contributed by atoms with Crippen LogP contribution in [-0.4, -0.2) is 101 Å². The molecule has 10 nitrogen and oxygen atoms in total. The maximum absolute atomic E-state index is 14.1. The number of aliphatic carboxylic acids is 1. The van der Waals surface area contributed by atoms with E-state index in [1.807, 2.05) is 19.1 Å². The zero-order valence-electron chi connectivity index (χ0n) is 26.9. The average Bonchev–Trinajstić information content (AvgIpc) is 3.82. The zero-order chi connectivity index (χ0) is 36.4. The quantitative estimate of drug-likeness (QED) is 0.232. The highest BCUT2D eigenvalue weighted by Gasteiger charge is 2.47. The summed E-state index contributed by atoms with van der Waals surface area (Å²) >= 11 is 6.05. The smallest absolute Gasteiger partial charge is 0.475 e. The van der Waals surface area contributed by atoms with Crippen LogP contribution in [0.25, 0.3) is 0 Å². The molecule has 5 N–H and O–H groups in total. The largest absolute Gasteiger partial charge is 0.490 e. The first-order valence-electron chi connectivity index (χ1n) is 15.8. The van der Waals surface area contributed by atoms with Crippen LogP contribution in [-0.2, 0) is 32.0 Å². The van der Waals surface area contributed by atoms with E-state index in [1.165, 1.54) is 12.1 Å². The fourth-order valence-corrected chi connectivity index (χ4v) is 5.60. The second-order valence-electron chi connectivity index (χ2n) is 12.1. The SMILES string of the molecule is CCCC1CN(C(Cc2ccc(Cl)cc2)C(=O)NCCF)CCN1C(=O)C(Cc1ccc(F)cc1)NC(=O)C1(N)CC1.O=C(O)C(F)(F)F. The first-order chi connectivity index (χ1) is 23.1. The summed E-state index contributed by atoms with van der Waals surface area (Å²) in [6.45, 7) is 2.51. The molecule has 1 aliphatic carbocycles. The molecule has 2 aromatic rings. The first-order valence-corrected chi connectivity index (χ1v) is 16.2. The molecule has 1 aliphatic heterocycles. The lowest BCUT2D eigenvalue weighted by atomic mass is 9.98. The number of alkyl halides is 4. The summed E-state index contributed by atoms with van der Waals surface area (Å²) in [5.74, 6) is -4.00. The first kappa shape index (κ1) is 39.6. The number of rotatable bonds is 13. The van der Waals surface area contributed by atoms with Gasteiger partial charge in [-0.1, -0.05) is 49.2 Å². The molecule has 0 spiro atoms. The average molecular weight is 718 g/mol. The van der Waals surface area contributed by atoms with E-state index in [0.29, 0.717) is 50.3 Å². The van der Waals surface area contributed by atoms with Gasteiger partial charge in [0, 0.05) is 43.7 Å². The Kier molecular flexibility index (Phi) is 14.3. The lowest BCUT2D eigenvalue weighted by Crippen LogP contribution is -2.63. The van der Waals surface area contributed by atoms with E-state index in [2.05, 4.69) is 15.5 Å². The number of carbonyl (C=O) groups is 4. The van der Waals surface area contributed by atoms with Gasteiger partial charge in [0.25, 0.3) is 0 Å². The van der Waals surface area contributed by atoms with Crippen molar-refractivity contribution in [3.05, 3.63) is 70.5 Å². The molecule has 16 heteroatoms. The summed E-state index contributed by atoms with van der Waals surface area (Å²) in [6, 6.07) is 11.5. The maximum atomic E-state index is 14.1. The minimum Gasteiger partial charge on any atom is -0.475 e. The standard InChI is InChI=1S/C31H40ClF2N5O3.C2HF3O2/c1-2-3-25-20-38(27(28(40)36-15-14-33)19-22-4-8-23(32)9-5-22)16-17-39(25)29(41)26(37-30(42)31(35)12-13-31)18-21-6-10-24(34)11-7-21;3-2(4,5)1(6)7/h4-11,25-27H,2-3,12-20,35H2,1H3,(H,36,40)(H,37,42);(H,6,7). The van der Waals surface area contributed by atoms with Crippen LogP contribution >= 0.6 is 11.6 Å². The number of carboxylic acid groups (broad SMARTS) is 1. The minimum absolute atomic E-state index is 0.0693. The minimum atomic E-state index is -5.08. The van der Waals surface area contributed by atoms with Crippen molar-refractivity contribution in [2.75, 3.05) is 32.9 Å². The summed E-state index contributed by atoms with van der Waals surface area (Å²) in [4.78, 5) is 52.9. The molecule has 0 radical (unpaired) electrons. The van der Waals surface area contributed by atoms with E-state index >= 15 is 0 Å². The van der Waals surface area contributed by atoms with Crippen LogP contribution in [0.4, 0.5) is 22.0 Å². The Bertz CT molecular complexity index is 1430. The monoisotopic (exact) mass is 717 g/mol. The normalized spacial score (nSPS) is 18.4. The number of piperazine rings is 1. The van der Waals surface area contributed by atoms with Gasteiger partial charge in [0.2, 0.25) is 17.7 Å². The van der Waals surface area contributed by atoms with E-state index in [4.69, 9.17) is 27.2 Å². The molecule has 2 aromatic carbocycles. The molecule has 2 fully saturated rings. The number of carbonyl (C=O) groups excluding carboxylic acids is 3. The number of halogens is 6. The van der Waals surface area contributed by atoms with Crippen molar-refractivity contribution < 1.29 is 46.2 Å². The number of benzene rings is 2. The summed E-state index contributed by atoms with van der Waals surface area (Å²) in [7, 11) is 0. The molecule has 270 valence electrons. The van der Waals surface area contributed by atoms with Crippen molar-refractivity contribution in [1.29, 1.82) is 0 Å². The molecule has 0 bridgehead atoms. The van der Waals surface area contributed by atoms with Gasteiger partial charge in [0.05, 0.1) is 11.6 Å². The van der Waals surface area contributed by atoms with Gasteiger partial charge in [-0.05, 0) is 61.1 Å². The molecular weight excluding hydrogens is 677 g/mol. The number of nitrogens with one attached hydrogen (secondary N) is 2. The summed E-state index contributed by atoms with van der Waals surface area (Å²) in [5.41, 5.74) is 6.81. The van der Waals surface area contributed by atoms with Gasteiger partial charge < -0.3 is 26.4 Å². The Hall–Kier alpha value is -3.82. The second kappa shape index (κ2) is 17.7. The number of nitrogens with zero attached hydrogens (tertiary/aromatic N) is 2. The topological polar surface area (TPSA) is 145 Å². The predicted octanol–water partition coefficient (Wildman–Crippen LogP) is 3.64. The third kappa shape index (κ3) is 11.9. The lowest BCUT2D eigenvalue weighted by Gasteiger charge is -2.45. The van der Waals surface area contributed by atoms with Gasteiger partial charge >= 0.3 is 12.1 Å². The summed E-state index contributed by atoms with van der Waals surface area (Å²) < 4.78 is 58.2. The van der Waals surface area contributed by atoms with Crippen LogP contribution in [0, 0.1) is 5.82 Å². The van der Waals surface area contributed by atoms with Crippen molar-refractivity contribution in [3.63, 3.8) is 0 Å². The molecule has 49 heavy (non-hydrogen) atoms.